The fourth-order valence-corrected chi connectivity index (χ4v) is 4.33. The third-order valence-electron chi connectivity index (χ3n) is 4.63. The Morgan fingerprint density at radius 1 is 0.833 bits per heavy atom. The number of methoxy groups -OCH3 is 2. The van der Waals surface area contributed by atoms with Crippen molar-refractivity contribution < 1.29 is 17.9 Å². The maximum atomic E-state index is 12.9. The molecule has 0 bridgehead atoms. The van der Waals surface area contributed by atoms with Gasteiger partial charge in [0.25, 0.3) is 10.0 Å². The van der Waals surface area contributed by atoms with Crippen LogP contribution in [0.1, 0.15) is 17.0 Å². The standard InChI is InChI=1S/C21H24N4O4S/c1-13-14(2)19(11-10-18(13)28-4)30(26,27)25-17-8-6-16(7-9-17)24-20-12-21(29-5)23-15(3)22-20/h6-12,25H,1-5H3,(H,22,23,24). The largest absolute Gasteiger partial charge is 0.496 e. The van der Waals surface area contributed by atoms with E-state index in [1.165, 1.54) is 0 Å². The van der Waals surface area contributed by atoms with Crippen LogP contribution in [0.25, 0.3) is 0 Å². The Labute approximate surface area is 176 Å². The third-order valence-corrected chi connectivity index (χ3v) is 6.16. The molecule has 0 amide bonds. The number of hydrogen-bond acceptors (Lipinski definition) is 7. The minimum absolute atomic E-state index is 0.214. The van der Waals surface area contributed by atoms with Gasteiger partial charge in [-0.2, -0.15) is 4.98 Å². The molecule has 0 atom stereocenters. The molecule has 1 aromatic heterocycles. The summed E-state index contributed by atoms with van der Waals surface area (Å²) in [6, 6.07) is 11.8. The van der Waals surface area contributed by atoms with E-state index in [0.29, 0.717) is 34.5 Å². The summed E-state index contributed by atoms with van der Waals surface area (Å²) in [5, 5.41) is 3.15. The summed E-state index contributed by atoms with van der Waals surface area (Å²) in [7, 11) is -0.643. The molecule has 2 aromatic carbocycles. The molecule has 0 aliphatic rings. The SMILES string of the molecule is COc1cc(Nc2ccc(NS(=O)(=O)c3ccc(OC)c(C)c3C)cc2)nc(C)n1. The van der Waals surface area contributed by atoms with Crippen molar-refractivity contribution >= 4 is 27.2 Å². The van der Waals surface area contributed by atoms with Gasteiger partial charge in [0.15, 0.2) is 0 Å². The highest BCUT2D eigenvalue weighted by molar-refractivity contribution is 7.92. The third kappa shape index (κ3) is 4.62. The smallest absolute Gasteiger partial charge is 0.262 e. The van der Waals surface area contributed by atoms with Crippen LogP contribution in [-0.4, -0.2) is 32.6 Å². The molecular weight excluding hydrogens is 404 g/mol. The van der Waals surface area contributed by atoms with Crippen molar-refractivity contribution in [2.75, 3.05) is 24.3 Å². The zero-order valence-corrected chi connectivity index (χ0v) is 18.3. The second-order valence-corrected chi connectivity index (χ2v) is 8.32. The van der Waals surface area contributed by atoms with Crippen molar-refractivity contribution in [3.8, 4) is 11.6 Å². The molecule has 0 aliphatic carbocycles. The quantitative estimate of drug-likeness (QED) is 0.587. The summed E-state index contributed by atoms with van der Waals surface area (Å²) in [6.07, 6.45) is 0. The van der Waals surface area contributed by atoms with E-state index < -0.39 is 10.0 Å². The number of nitrogens with zero attached hydrogens (tertiary/aromatic N) is 2. The summed E-state index contributed by atoms with van der Waals surface area (Å²) in [4.78, 5) is 8.66. The Morgan fingerprint density at radius 2 is 1.50 bits per heavy atom. The molecule has 0 spiro atoms. The Balaban J connectivity index is 1.79. The van der Waals surface area contributed by atoms with Gasteiger partial charge in [-0.15, -0.1) is 0 Å². The number of aryl methyl sites for hydroxylation is 1. The number of hydrogen-bond donors (Lipinski definition) is 2. The average molecular weight is 429 g/mol. The van der Waals surface area contributed by atoms with E-state index in [1.54, 1.807) is 70.5 Å². The van der Waals surface area contributed by atoms with E-state index in [1.807, 2.05) is 6.92 Å². The predicted octanol–water partition coefficient (Wildman–Crippen LogP) is 3.96. The highest BCUT2D eigenvalue weighted by Gasteiger charge is 2.19. The first-order valence-electron chi connectivity index (χ1n) is 9.17. The van der Waals surface area contributed by atoms with Crippen LogP contribution in [0.2, 0.25) is 0 Å². The average Bonchev–Trinajstić information content (AvgIpc) is 2.70. The Morgan fingerprint density at radius 3 is 2.13 bits per heavy atom. The van der Waals surface area contributed by atoms with Crippen LogP contribution in [0.3, 0.4) is 0 Å². The van der Waals surface area contributed by atoms with Crippen LogP contribution in [0.5, 0.6) is 11.6 Å². The van der Waals surface area contributed by atoms with Gasteiger partial charge in [0.05, 0.1) is 19.1 Å². The molecule has 1 heterocycles. The summed E-state index contributed by atoms with van der Waals surface area (Å²) in [5.41, 5.74) is 2.63. The molecule has 30 heavy (non-hydrogen) atoms. The molecule has 0 aliphatic heterocycles. The minimum atomic E-state index is -3.74. The maximum absolute atomic E-state index is 12.9. The first-order valence-corrected chi connectivity index (χ1v) is 10.7. The van der Waals surface area contributed by atoms with Gasteiger partial charge >= 0.3 is 0 Å². The molecule has 0 saturated carbocycles. The lowest BCUT2D eigenvalue weighted by atomic mass is 10.1. The number of sulfonamides is 1. The maximum Gasteiger partial charge on any atom is 0.262 e. The van der Waals surface area contributed by atoms with Gasteiger partial charge in [0.1, 0.15) is 17.4 Å². The van der Waals surface area contributed by atoms with Gasteiger partial charge in [-0.25, -0.2) is 13.4 Å². The van der Waals surface area contributed by atoms with Crippen molar-refractivity contribution in [3.63, 3.8) is 0 Å². The van der Waals surface area contributed by atoms with Crippen molar-refractivity contribution in [2.24, 2.45) is 0 Å². The van der Waals surface area contributed by atoms with Crippen LogP contribution < -0.4 is 19.5 Å². The Hall–Kier alpha value is -3.33. The molecule has 9 heteroatoms. The van der Waals surface area contributed by atoms with E-state index in [0.717, 1.165) is 11.3 Å². The molecule has 0 fully saturated rings. The fraction of sp³-hybridized carbons (Fsp3) is 0.238. The molecule has 0 saturated heterocycles. The molecule has 2 N–H and O–H groups in total. The summed E-state index contributed by atoms with van der Waals surface area (Å²) in [5.74, 6) is 2.27. The van der Waals surface area contributed by atoms with E-state index >= 15 is 0 Å². The molecule has 158 valence electrons. The number of aromatic nitrogens is 2. The van der Waals surface area contributed by atoms with Crippen LogP contribution in [0.15, 0.2) is 47.4 Å². The molecule has 0 unspecified atom stereocenters. The number of nitrogens with one attached hydrogen (secondary N) is 2. The van der Waals surface area contributed by atoms with Crippen LogP contribution in [0, 0.1) is 20.8 Å². The van der Waals surface area contributed by atoms with Gasteiger partial charge in [-0.1, -0.05) is 0 Å². The van der Waals surface area contributed by atoms with Crippen molar-refractivity contribution in [3.05, 3.63) is 59.4 Å². The first-order chi connectivity index (χ1) is 14.2. The number of rotatable bonds is 7. The lowest BCUT2D eigenvalue weighted by Crippen LogP contribution is -2.15. The van der Waals surface area contributed by atoms with E-state index in [-0.39, 0.29) is 4.90 Å². The van der Waals surface area contributed by atoms with Crippen LogP contribution in [0.4, 0.5) is 17.2 Å². The van der Waals surface area contributed by atoms with Crippen LogP contribution >= 0.6 is 0 Å². The molecule has 0 radical (unpaired) electrons. The van der Waals surface area contributed by atoms with Gasteiger partial charge < -0.3 is 14.8 Å². The van der Waals surface area contributed by atoms with Gasteiger partial charge in [0.2, 0.25) is 5.88 Å². The van der Waals surface area contributed by atoms with Crippen molar-refractivity contribution in [2.45, 2.75) is 25.7 Å². The second-order valence-electron chi connectivity index (χ2n) is 6.67. The summed E-state index contributed by atoms with van der Waals surface area (Å²) < 4.78 is 38.7. The number of ether oxygens (including phenoxy) is 2. The van der Waals surface area contributed by atoms with Crippen LogP contribution in [-0.2, 0) is 10.0 Å². The number of benzene rings is 2. The molecule has 3 aromatic rings. The molecular formula is C21H24N4O4S. The molecule has 8 nitrogen and oxygen atoms in total. The van der Waals surface area contributed by atoms with Crippen molar-refractivity contribution in [1.29, 1.82) is 0 Å². The lowest BCUT2D eigenvalue weighted by molar-refractivity contribution is 0.396. The van der Waals surface area contributed by atoms with E-state index in [4.69, 9.17) is 9.47 Å². The summed E-state index contributed by atoms with van der Waals surface area (Å²) >= 11 is 0. The van der Waals surface area contributed by atoms with E-state index in [2.05, 4.69) is 20.0 Å². The minimum Gasteiger partial charge on any atom is -0.496 e. The Bertz CT molecular complexity index is 1160. The highest BCUT2D eigenvalue weighted by atomic mass is 32.2. The summed E-state index contributed by atoms with van der Waals surface area (Å²) in [6.45, 7) is 5.36. The zero-order valence-electron chi connectivity index (χ0n) is 17.5. The van der Waals surface area contributed by atoms with Gasteiger partial charge in [-0.3, -0.25) is 4.72 Å². The zero-order chi connectivity index (χ0) is 21.9. The molecule has 3 rings (SSSR count). The normalized spacial score (nSPS) is 11.1. The number of anilines is 3. The first kappa shape index (κ1) is 21.4. The van der Waals surface area contributed by atoms with Crippen molar-refractivity contribution in [1.82, 2.24) is 9.97 Å². The van der Waals surface area contributed by atoms with Gasteiger partial charge in [-0.05, 0) is 68.3 Å². The monoisotopic (exact) mass is 428 g/mol. The second kappa shape index (κ2) is 8.58. The Kier molecular flexibility index (Phi) is 6.12. The predicted molar refractivity (Wildman–Crippen MR) is 116 cm³/mol. The highest BCUT2D eigenvalue weighted by Crippen LogP contribution is 2.28. The van der Waals surface area contributed by atoms with E-state index in [9.17, 15) is 8.42 Å². The van der Waals surface area contributed by atoms with Gasteiger partial charge in [0, 0.05) is 17.4 Å². The topological polar surface area (TPSA) is 102 Å². The lowest BCUT2D eigenvalue weighted by Gasteiger charge is -2.14. The fourth-order valence-electron chi connectivity index (χ4n) is 2.97.